The number of rotatable bonds is 4. The Bertz CT molecular complexity index is 546. The second-order valence-electron chi connectivity index (χ2n) is 4.45. The largest absolute Gasteiger partial charge is 0.328 e. The number of H-pyrrole nitrogens is 1. The summed E-state index contributed by atoms with van der Waals surface area (Å²) in [6.45, 7) is 0.497. The van der Waals surface area contributed by atoms with E-state index in [0.29, 0.717) is 12.5 Å². The summed E-state index contributed by atoms with van der Waals surface area (Å²) in [6, 6.07) is 2.86. The van der Waals surface area contributed by atoms with Crippen LogP contribution in [0.15, 0.2) is 28.0 Å². The highest BCUT2D eigenvalue weighted by Crippen LogP contribution is 2.28. The normalized spacial score (nSPS) is 17.1. The van der Waals surface area contributed by atoms with Crippen molar-refractivity contribution >= 4 is 10.0 Å². The smallest absolute Gasteiger partial charge is 0.268 e. The van der Waals surface area contributed by atoms with Crippen LogP contribution in [-0.4, -0.2) is 31.3 Å². The second kappa shape index (κ2) is 4.62. The van der Waals surface area contributed by atoms with Crippen LogP contribution in [-0.2, 0) is 10.0 Å². The van der Waals surface area contributed by atoms with Crippen LogP contribution in [0.2, 0.25) is 0 Å². The molecule has 0 aromatic carbocycles. The third-order valence-corrected chi connectivity index (χ3v) is 5.06. The lowest BCUT2D eigenvalue weighted by Crippen LogP contribution is -2.36. The number of hydrogen-bond donors (Lipinski definition) is 1. The predicted octanol–water partition coefficient (Wildman–Crippen LogP) is 0.796. The highest BCUT2D eigenvalue weighted by atomic mass is 32.2. The molecule has 6 heteroatoms. The van der Waals surface area contributed by atoms with E-state index in [1.807, 2.05) is 0 Å². The highest BCUT2D eigenvalue weighted by molar-refractivity contribution is 7.89. The van der Waals surface area contributed by atoms with Crippen molar-refractivity contribution in [2.24, 2.45) is 5.92 Å². The molecule has 0 spiro atoms. The third kappa shape index (κ3) is 2.42. The zero-order valence-corrected chi connectivity index (χ0v) is 10.5. The Hall–Kier alpha value is -1.14. The number of pyridine rings is 1. The van der Waals surface area contributed by atoms with Crippen molar-refractivity contribution < 1.29 is 8.42 Å². The van der Waals surface area contributed by atoms with Crippen LogP contribution in [0.25, 0.3) is 0 Å². The van der Waals surface area contributed by atoms with Gasteiger partial charge in [-0.15, -0.1) is 0 Å². The van der Waals surface area contributed by atoms with Crippen molar-refractivity contribution in [3.05, 3.63) is 28.7 Å². The van der Waals surface area contributed by atoms with Gasteiger partial charge in [0.2, 0.25) is 10.0 Å². The Kier molecular flexibility index (Phi) is 3.35. The molecule has 1 aliphatic carbocycles. The van der Waals surface area contributed by atoms with Gasteiger partial charge < -0.3 is 4.98 Å². The van der Waals surface area contributed by atoms with E-state index in [2.05, 4.69) is 4.98 Å². The molecule has 0 atom stereocenters. The van der Waals surface area contributed by atoms with Crippen LogP contribution >= 0.6 is 0 Å². The van der Waals surface area contributed by atoms with E-state index < -0.39 is 15.6 Å². The zero-order valence-electron chi connectivity index (χ0n) is 9.72. The van der Waals surface area contributed by atoms with E-state index in [0.717, 1.165) is 12.8 Å². The van der Waals surface area contributed by atoms with Gasteiger partial charge in [0, 0.05) is 19.8 Å². The lowest BCUT2D eigenvalue weighted by Gasteiger charge is -2.29. The topological polar surface area (TPSA) is 70.2 Å². The SMILES string of the molecule is CN(CC1CCC1)S(=O)(=O)c1ccc[nH]c1=O. The molecule has 1 saturated carbocycles. The molecular formula is C11H16N2O3S. The maximum Gasteiger partial charge on any atom is 0.268 e. The molecule has 1 aliphatic rings. The molecule has 0 amide bonds. The van der Waals surface area contributed by atoms with Crippen molar-refractivity contribution in [2.75, 3.05) is 13.6 Å². The first-order valence-electron chi connectivity index (χ1n) is 5.66. The third-order valence-electron chi connectivity index (χ3n) is 3.21. The fourth-order valence-corrected chi connectivity index (χ4v) is 3.20. The summed E-state index contributed by atoms with van der Waals surface area (Å²) in [5, 5.41) is 0. The zero-order chi connectivity index (χ0) is 12.5. The molecule has 0 unspecified atom stereocenters. The van der Waals surface area contributed by atoms with E-state index in [4.69, 9.17) is 0 Å². The fraction of sp³-hybridized carbons (Fsp3) is 0.545. The monoisotopic (exact) mass is 256 g/mol. The molecule has 1 heterocycles. The van der Waals surface area contributed by atoms with E-state index in [9.17, 15) is 13.2 Å². The van der Waals surface area contributed by atoms with Gasteiger partial charge in [-0.1, -0.05) is 6.42 Å². The van der Waals surface area contributed by atoms with Gasteiger partial charge in [0.05, 0.1) is 0 Å². The molecule has 1 aromatic heterocycles. The molecular weight excluding hydrogens is 240 g/mol. The van der Waals surface area contributed by atoms with Gasteiger partial charge in [-0.05, 0) is 30.9 Å². The van der Waals surface area contributed by atoms with Crippen LogP contribution < -0.4 is 5.56 Å². The van der Waals surface area contributed by atoms with Crippen LogP contribution in [0.5, 0.6) is 0 Å². The summed E-state index contributed by atoms with van der Waals surface area (Å²) in [6.07, 6.45) is 4.74. The first-order valence-corrected chi connectivity index (χ1v) is 7.10. The maximum absolute atomic E-state index is 12.1. The molecule has 0 radical (unpaired) electrons. The van der Waals surface area contributed by atoms with Crippen molar-refractivity contribution in [3.8, 4) is 0 Å². The van der Waals surface area contributed by atoms with Crippen LogP contribution in [0.3, 0.4) is 0 Å². The van der Waals surface area contributed by atoms with Gasteiger partial charge in [0.25, 0.3) is 5.56 Å². The van der Waals surface area contributed by atoms with Gasteiger partial charge in [0.1, 0.15) is 4.90 Å². The van der Waals surface area contributed by atoms with E-state index in [1.54, 1.807) is 0 Å². The van der Waals surface area contributed by atoms with Gasteiger partial charge in [-0.3, -0.25) is 4.79 Å². The molecule has 0 bridgehead atoms. The summed E-state index contributed by atoms with van der Waals surface area (Å²) in [4.78, 5) is 13.7. The molecule has 17 heavy (non-hydrogen) atoms. The second-order valence-corrected chi connectivity index (χ2v) is 6.46. The molecule has 94 valence electrons. The molecule has 0 saturated heterocycles. The molecule has 1 N–H and O–H groups in total. The van der Waals surface area contributed by atoms with Gasteiger partial charge in [-0.2, -0.15) is 0 Å². The van der Waals surface area contributed by atoms with Crippen molar-refractivity contribution in [1.82, 2.24) is 9.29 Å². The molecule has 1 fully saturated rings. The molecule has 1 aromatic rings. The average molecular weight is 256 g/mol. The van der Waals surface area contributed by atoms with Gasteiger partial charge in [0.15, 0.2) is 0 Å². The summed E-state index contributed by atoms with van der Waals surface area (Å²) < 4.78 is 25.5. The van der Waals surface area contributed by atoms with Crippen molar-refractivity contribution in [1.29, 1.82) is 0 Å². The van der Waals surface area contributed by atoms with E-state index in [-0.39, 0.29) is 4.90 Å². The van der Waals surface area contributed by atoms with Gasteiger partial charge >= 0.3 is 0 Å². The number of aromatic amines is 1. The minimum absolute atomic E-state index is 0.179. The highest BCUT2D eigenvalue weighted by Gasteiger charge is 2.28. The maximum atomic E-state index is 12.1. The molecule has 5 nitrogen and oxygen atoms in total. The van der Waals surface area contributed by atoms with Crippen LogP contribution in [0.4, 0.5) is 0 Å². The lowest BCUT2D eigenvalue weighted by molar-refractivity contribution is 0.263. The quantitative estimate of drug-likeness (QED) is 0.866. The lowest BCUT2D eigenvalue weighted by atomic mass is 9.86. The average Bonchev–Trinajstić information content (AvgIpc) is 2.23. The first-order chi connectivity index (χ1) is 8.01. The van der Waals surface area contributed by atoms with E-state index in [1.165, 1.54) is 36.1 Å². The molecule has 2 rings (SSSR count). The minimum Gasteiger partial charge on any atom is -0.328 e. The Morgan fingerprint density at radius 3 is 2.71 bits per heavy atom. The Balaban J connectivity index is 2.23. The first kappa shape index (κ1) is 12.3. The summed E-state index contributed by atoms with van der Waals surface area (Å²) in [7, 11) is -2.12. The number of nitrogens with one attached hydrogen (secondary N) is 1. The number of nitrogens with zero attached hydrogens (tertiary/aromatic N) is 1. The van der Waals surface area contributed by atoms with Crippen LogP contribution in [0, 0.1) is 5.92 Å². The number of aromatic nitrogens is 1. The predicted molar refractivity (Wildman–Crippen MR) is 64.2 cm³/mol. The minimum atomic E-state index is -3.65. The van der Waals surface area contributed by atoms with Gasteiger partial charge in [-0.25, -0.2) is 12.7 Å². The molecule has 0 aliphatic heterocycles. The number of sulfonamides is 1. The Labute approximate surface area is 101 Å². The van der Waals surface area contributed by atoms with Crippen LogP contribution in [0.1, 0.15) is 19.3 Å². The number of hydrogen-bond acceptors (Lipinski definition) is 3. The summed E-state index contributed by atoms with van der Waals surface area (Å²) in [5.41, 5.74) is -0.562. The summed E-state index contributed by atoms with van der Waals surface area (Å²) in [5.74, 6) is 0.442. The Morgan fingerprint density at radius 2 is 2.18 bits per heavy atom. The van der Waals surface area contributed by atoms with Crippen molar-refractivity contribution in [2.45, 2.75) is 24.2 Å². The van der Waals surface area contributed by atoms with Crippen molar-refractivity contribution in [3.63, 3.8) is 0 Å². The summed E-state index contributed by atoms with van der Waals surface area (Å²) >= 11 is 0. The standard InChI is InChI=1S/C11H16N2O3S/c1-13(8-9-4-2-5-9)17(15,16)10-6-3-7-12-11(10)14/h3,6-7,9H,2,4-5,8H2,1H3,(H,12,14). The fourth-order valence-electron chi connectivity index (χ4n) is 1.91. The Morgan fingerprint density at radius 1 is 1.47 bits per heavy atom. The van der Waals surface area contributed by atoms with E-state index >= 15 is 0 Å².